The normalized spacial score (nSPS) is 25.1. The van der Waals surface area contributed by atoms with E-state index in [4.69, 9.17) is 9.57 Å². The second-order valence-electron chi connectivity index (χ2n) is 8.07. The van der Waals surface area contributed by atoms with E-state index in [-0.39, 0.29) is 29.6 Å². The number of ether oxygens (including phenoxy) is 1. The van der Waals surface area contributed by atoms with Gasteiger partial charge in [0.05, 0.1) is 23.1 Å². The number of hydroxylamine groups is 2. The zero-order valence-electron chi connectivity index (χ0n) is 17.0. The van der Waals surface area contributed by atoms with E-state index in [9.17, 15) is 19.2 Å². The largest absolute Gasteiger partial charge is 0.445 e. The highest BCUT2D eigenvalue weighted by Gasteiger charge is 2.51. The summed E-state index contributed by atoms with van der Waals surface area (Å²) in [5, 5.41) is 3.28. The summed E-state index contributed by atoms with van der Waals surface area (Å²) in [6.45, 7) is 0.105. The number of rotatable bonds is 5. The number of carbonyl (C=O) groups excluding carboxylic acids is 4. The summed E-state index contributed by atoms with van der Waals surface area (Å²) in [6.07, 6.45) is 3.90. The lowest BCUT2D eigenvalue weighted by Gasteiger charge is -2.27. The van der Waals surface area contributed by atoms with E-state index >= 15 is 0 Å². The molecule has 0 radical (unpaired) electrons. The number of nitrogens with zero attached hydrogens (tertiary/aromatic N) is 1. The van der Waals surface area contributed by atoms with Crippen molar-refractivity contribution in [3.05, 3.63) is 83.4 Å². The average Bonchev–Trinajstić information content (AvgIpc) is 3.48. The first-order valence-corrected chi connectivity index (χ1v) is 10.4. The van der Waals surface area contributed by atoms with Gasteiger partial charge in [0.1, 0.15) is 6.61 Å². The van der Waals surface area contributed by atoms with Crippen molar-refractivity contribution in [1.82, 2.24) is 10.4 Å². The van der Waals surface area contributed by atoms with Gasteiger partial charge in [-0.15, -0.1) is 0 Å². The molecule has 8 heteroatoms. The zero-order chi connectivity index (χ0) is 22.2. The quantitative estimate of drug-likeness (QED) is 0.576. The molecule has 4 atom stereocenters. The van der Waals surface area contributed by atoms with Gasteiger partial charge >= 0.3 is 12.1 Å². The van der Waals surface area contributed by atoms with E-state index in [1.165, 1.54) is 12.1 Å². The standard InChI is InChI=1S/C24H20N2O6/c27-21-17-8-4-5-9-18(17)22(28)26(21)32-23(29)19-15-10-11-16(12-15)20(19)25-24(30)31-13-14-6-2-1-3-7-14/h1-11,15-16,19-20H,12-13H2,(H,25,30)/t15?,16?,19-,20-/m0/s1. The molecule has 5 rings (SSSR count). The van der Waals surface area contributed by atoms with E-state index in [2.05, 4.69) is 5.32 Å². The molecule has 2 bridgehead atoms. The predicted octanol–water partition coefficient (Wildman–Crippen LogP) is 2.86. The number of fused-ring (bicyclic) bond motifs is 3. The van der Waals surface area contributed by atoms with Gasteiger partial charge in [0, 0.05) is 0 Å². The van der Waals surface area contributed by atoms with Crippen LogP contribution in [0.3, 0.4) is 0 Å². The molecule has 1 N–H and O–H groups in total. The maximum absolute atomic E-state index is 13.0. The van der Waals surface area contributed by atoms with E-state index < -0.39 is 35.8 Å². The molecule has 1 fully saturated rings. The smallest absolute Gasteiger partial charge is 0.407 e. The van der Waals surface area contributed by atoms with E-state index in [0.29, 0.717) is 11.5 Å². The predicted molar refractivity (Wildman–Crippen MR) is 111 cm³/mol. The molecule has 2 aromatic carbocycles. The Morgan fingerprint density at radius 2 is 1.53 bits per heavy atom. The number of hydrogen-bond donors (Lipinski definition) is 1. The Hall–Kier alpha value is -3.94. The van der Waals surface area contributed by atoms with Gasteiger partial charge in [-0.25, -0.2) is 9.59 Å². The first-order valence-electron chi connectivity index (χ1n) is 10.4. The van der Waals surface area contributed by atoms with Crippen molar-refractivity contribution in [3.63, 3.8) is 0 Å². The molecule has 1 aliphatic heterocycles. The minimum absolute atomic E-state index is 0.0518. The summed E-state index contributed by atoms with van der Waals surface area (Å²) >= 11 is 0. The molecular weight excluding hydrogens is 412 g/mol. The number of hydrogen-bond acceptors (Lipinski definition) is 6. The number of benzene rings is 2. The van der Waals surface area contributed by atoms with Gasteiger partial charge in [0.15, 0.2) is 0 Å². The van der Waals surface area contributed by atoms with Crippen LogP contribution < -0.4 is 5.32 Å². The van der Waals surface area contributed by atoms with Crippen molar-refractivity contribution in [3.8, 4) is 0 Å². The molecule has 3 amide bonds. The number of imide groups is 1. The van der Waals surface area contributed by atoms with E-state index in [1.54, 1.807) is 12.1 Å². The second-order valence-corrected chi connectivity index (χ2v) is 8.07. The van der Waals surface area contributed by atoms with Crippen LogP contribution >= 0.6 is 0 Å². The van der Waals surface area contributed by atoms with Gasteiger partial charge < -0.3 is 14.9 Å². The van der Waals surface area contributed by atoms with E-state index in [0.717, 1.165) is 5.56 Å². The van der Waals surface area contributed by atoms with Crippen LogP contribution in [-0.4, -0.2) is 35.0 Å². The molecule has 2 aliphatic carbocycles. The Bertz CT molecular complexity index is 1090. The fraction of sp³-hybridized carbons (Fsp3) is 0.250. The monoisotopic (exact) mass is 432 g/mol. The van der Waals surface area contributed by atoms with Crippen molar-refractivity contribution >= 4 is 23.9 Å². The maximum Gasteiger partial charge on any atom is 0.407 e. The minimum Gasteiger partial charge on any atom is -0.445 e. The van der Waals surface area contributed by atoms with Crippen LogP contribution in [0.2, 0.25) is 0 Å². The molecule has 3 aliphatic rings. The molecule has 0 saturated heterocycles. The lowest BCUT2D eigenvalue weighted by Crippen LogP contribution is -2.48. The summed E-state index contributed by atoms with van der Waals surface area (Å²) in [6, 6.07) is 15.0. The lowest BCUT2D eigenvalue weighted by atomic mass is 9.89. The molecule has 32 heavy (non-hydrogen) atoms. The molecule has 1 heterocycles. The Kier molecular flexibility index (Phi) is 4.97. The van der Waals surface area contributed by atoms with Crippen molar-refractivity contribution in [2.24, 2.45) is 17.8 Å². The Balaban J connectivity index is 1.26. The summed E-state index contributed by atoms with van der Waals surface area (Å²) < 4.78 is 5.29. The van der Waals surface area contributed by atoms with E-state index in [1.807, 2.05) is 42.5 Å². The van der Waals surface area contributed by atoms with Gasteiger partial charge in [0.2, 0.25) is 0 Å². The van der Waals surface area contributed by atoms with Gasteiger partial charge in [-0.2, -0.15) is 0 Å². The fourth-order valence-corrected chi connectivity index (χ4v) is 4.64. The van der Waals surface area contributed by atoms with Crippen LogP contribution in [0, 0.1) is 17.8 Å². The topological polar surface area (TPSA) is 102 Å². The third-order valence-electron chi connectivity index (χ3n) is 6.17. The second kappa shape index (κ2) is 7.96. The number of allylic oxidation sites excluding steroid dienone is 1. The fourth-order valence-electron chi connectivity index (χ4n) is 4.64. The van der Waals surface area contributed by atoms with Crippen molar-refractivity contribution in [2.45, 2.75) is 19.1 Å². The number of amides is 3. The molecule has 1 saturated carbocycles. The minimum atomic E-state index is -0.732. The summed E-state index contributed by atoms with van der Waals surface area (Å²) in [7, 11) is 0. The zero-order valence-corrected chi connectivity index (χ0v) is 17.0. The molecule has 0 aromatic heterocycles. The van der Waals surface area contributed by atoms with Crippen LogP contribution in [0.1, 0.15) is 32.7 Å². The summed E-state index contributed by atoms with van der Waals surface area (Å²) in [5.74, 6) is -3.01. The molecule has 2 aromatic rings. The number of nitrogens with one attached hydrogen (secondary N) is 1. The molecular formula is C24H20N2O6. The van der Waals surface area contributed by atoms with Gasteiger partial charge in [0.25, 0.3) is 11.8 Å². The number of alkyl carbamates (subject to hydrolysis) is 1. The van der Waals surface area contributed by atoms with Crippen LogP contribution in [-0.2, 0) is 21.0 Å². The van der Waals surface area contributed by atoms with Gasteiger partial charge in [-0.05, 0) is 36.0 Å². The van der Waals surface area contributed by atoms with Gasteiger partial charge in [-0.1, -0.05) is 59.7 Å². The first-order chi connectivity index (χ1) is 15.5. The van der Waals surface area contributed by atoms with Crippen LogP contribution in [0.4, 0.5) is 4.79 Å². The molecule has 8 nitrogen and oxygen atoms in total. The van der Waals surface area contributed by atoms with Gasteiger partial charge in [-0.3, -0.25) is 9.59 Å². The Morgan fingerprint density at radius 1 is 0.906 bits per heavy atom. The third kappa shape index (κ3) is 3.43. The summed E-state index contributed by atoms with van der Waals surface area (Å²) in [4.78, 5) is 55.7. The Morgan fingerprint density at radius 3 is 2.22 bits per heavy atom. The highest BCUT2D eigenvalue weighted by atomic mass is 16.7. The highest BCUT2D eigenvalue weighted by Crippen LogP contribution is 2.44. The van der Waals surface area contributed by atoms with Crippen LogP contribution in [0.25, 0.3) is 0 Å². The van der Waals surface area contributed by atoms with Crippen molar-refractivity contribution in [2.75, 3.05) is 0 Å². The first kappa shape index (κ1) is 20.0. The molecule has 162 valence electrons. The van der Waals surface area contributed by atoms with Crippen molar-refractivity contribution in [1.29, 1.82) is 0 Å². The average molecular weight is 432 g/mol. The van der Waals surface area contributed by atoms with Crippen LogP contribution in [0.5, 0.6) is 0 Å². The maximum atomic E-state index is 13.0. The molecule has 0 spiro atoms. The SMILES string of the molecule is O=C(N[C@H]1C2C=CC(C2)[C@@H]1C(=O)ON1C(=O)c2ccccc2C1=O)OCc1ccccc1. The van der Waals surface area contributed by atoms with Crippen molar-refractivity contribution < 1.29 is 28.8 Å². The van der Waals surface area contributed by atoms with Crippen LogP contribution in [0.15, 0.2) is 66.7 Å². The highest BCUT2D eigenvalue weighted by molar-refractivity contribution is 6.20. The lowest BCUT2D eigenvalue weighted by molar-refractivity contribution is -0.175. The Labute approximate surface area is 183 Å². The number of carbonyl (C=O) groups is 4. The molecule has 2 unspecified atom stereocenters. The summed E-state index contributed by atoms with van der Waals surface area (Å²) in [5.41, 5.74) is 1.23. The third-order valence-corrected chi connectivity index (χ3v) is 6.17.